The van der Waals surface area contributed by atoms with Crippen LogP contribution in [0.5, 0.6) is 5.75 Å². The molecule has 2 aromatic heterocycles. The highest BCUT2D eigenvalue weighted by Gasteiger charge is 2.17. The molecule has 0 aliphatic heterocycles. The summed E-state index contributed by atoms with van der Waals surface area (Å²) in [6.45, 7) is 4.03. The summed E-state index contributed by atoms with van der Waals surface area (Å²) in [6.07, 6.45) is 2.44. The zero-order valence-corrected chi connectivity index (χ0v) is 21.4. The number of para-hydroxylation sites is 2. The van der Waals surface area contributed by atoms with E-state index in [4.69, 9.17) is 25.7 Å². The Bertz CT molecular complexity index is 1580. The van der Waals surface area contributed by atoms with Crippen LogP contribution in [0.4, 0.5) is 0 Å². The molecule has 0 N–H and O–H groups in total. The third kappa shape index (κ3) is 4.61. The molecule has 0 fully saturated rings. The number of aromatic nitrogens is 2. The molecule has 0 aliphatic carbocycles. The molecular weight excluding hydrogens is 530 g/mol. The Morgan fingerprint density at radius 2 is 1.94 bits per heavy atom. The molecule has 8 heteroatoms. The Labute approximate surface area is 214 Å². The second-order valence-electron chi connectivity index (χ2n) is 8.11. The summed E-state index contributed by atoms with van der Waals surface area (Å²) >= 11 is 10.0. The molecule has 176 valence electrons. The molecule has 6 nitrogen and oxygen atoms in total. The number of furan rings is 1. The zero-order chi connectivity index (χ0) is 24.5. The third-order valence-electron chi connectivity index (χ3n) is 5.64. The molecule has 35 heavy (non-hydrogen) atoms. The molecule has 0 saturated heterocycles. The average Bonchev–Trinajstić information content (AvgIpc) is 3.29. The van der Waals surface area contributed by atoms with Crippen LogP contribution in [0.25, 0.3) is 33.5 Å². The normalized spacial score (nSPS) is 12.6. The molecule has 0 radical (unpaired) electrons. The summed E-state index contributed by atoms with van der Waals surface area (Å²) in [7, 11) is 0. The predicted molar refractivity (Wildman–Crippen MR) is 144 cm³/mol. The van der Waals surface area contributed by atoms with E-state index >= 15 is 0 Å². The Morgan fingerprint density at radius 1 is 1.17 bits per heavy atom. The van der Waals surface area contributed by atoms with Crippen molar-refractivity contribution < 1.29 is 9.15 Å². The van der Waals surface area contributed by atoms with Crippen molar-refractivity contribution >= 4 is 55.6 Å². The van der Waals surface area contributed by atoms with Crippen molar-refractivity contribution in [3.63, 3.8) is 0 Å². The summed E-state index contributed by atoms with van der Waals surface area (Å²) < 4.78 is 13.9. The summed E-state index contributed by atoms with van der Waals surface area (Å²) in [6, 6.07) is 20.2. The molecule has 0 unspecified atom stereocenters. The maximum atomic E-state index is 13.4. The first kappa shape index (κ1) is 23.3. The van der Waals surface area contributed by atoms with E-state index in [9.17, 15) is 4.79 Å². The smallest absolute Gasteiger partial charge is 0.282 e. The van der Waals surface area contributed by atoms with Gasteiger partial charge in [-0.05, 0) is 71.2 Å². The lowest BCUT2D eigenvalue weighted by Crippen LogP contribution is -2.20. The minimum Gasteiger partial charge on any atom is -0.488 e. The standard InChI is InChI=1S/C27H21BrClN3O3/c1-3-16(2)34-25-20(28)12-17(13-21(25)29)15-30-32-26(24-14-18-8-4-7-11-23(18)35-24)31-22-10-6-5-9-19(22)27(32)33/h4-16H,3H2,1-2H3/t16-/m0/s1. The number of hydrogen-bond acceptors (Lipinski definition) is 5. The molecule has 0 bridgehead atoms. The van der Waals surface area contributed by atoms with E-state index < -0.39 is 0 Å². The van der Waals surface area contributed by atoms with Crippen LogP contribution in [0.3, 0.4) is 0 Å². The average molecular weight is 551 g/mol. The van der Waals surface area contributed by atoms with Gasteiger partial charge in [-0.15, -0.1) is 0 Å². The van der Waals surface area contributed by atoms with Crippen LogP contribution >= 0.6 is 27.5 Å². The molecule has 0 saturated carbocycles. The minimum absolute atomic E-state index is 0.0249. The second-order valence-corrected chi connectivity index (χ2v) is 9.37. The van der Waals surface area contributed by atoms with Crippen molar-refractivity contribution in [3.8, 4) is 17.3 Å². The van der Waals surface area contributed by atoms with Gasteiger partial charge in [0.2, 0.25) is 5.82 Å². The summed E-state index contributed by atoms with van der Waals surface area (Å²) in [5.74, 6) is 1.33. The number of rotatable bonds is 6. The molecular formula is C27H21BrClN3O3. The van der Waals surface area contributed by atoms with E-state index in [1.54, 1.807) is 30.5 Å². The molecule has 5 aromatic rings. The van der Waals surface area contributed by atoms with Crippen molar-refractivity contribution in [2.75, 3.05) is 0 Å². The van der Waals surface area contributed by atoms with Crippen molar-refractivity contribution in [2.24, 2.45) is 5.10 Å². The molecule has 2 heterocycles. The van der Waals surface area contributed by atoms with Gasteiger partial charge in [-0.1, -0.05) is 48.9 Å². The van der Waals surface area contributed by atoms with Gasteiger partial charge in [0.15, 0.2) is 11.5 Å². The highest BCUT2D eigenvalue weighted by Crippen LogP contribution is 2.35. The second kappa shape index (κ2) is 9.68. The number of nitrogens with zero attached hydrogens (tertiary/aromatic N) is 3. The van der Waals surface area contributed by atoms with Crippen LogP contribution in [0, 0.1) is 0 Å². The van der Waals surface area contributed by atoms with Gasteiger partial charge in [-0.3, -0.25) is 4.79 Å². The van der Waals surface area contributed by atoms with Crippen LogP contribution in [0.15, 0.2) is 85.5 Å². The van der Waals surface area contributed by atoms with Crippen LogP contribution in [0.1, 0.15) is 25.8 Å². The van der Waals surface area contributed by atoms with E-state index in [0.717, 1.165) is 11.8 Å². The number of hydrogen-bond donors (Lipinski definition) is 0. The first-order chi connectivity index (χ1) is 16.9. The maximum Gasteiger partial charge on any atom is 0.282 e. The van der Waals surface area contributed by atoms with Crippen LogP contribution in [0.2, 0.25) is 5.02 Å². The largest absolute Gasteiger partial charge is 0.488 e. The van der Waals surface area contributed by atoms with Crippen molar-refractivity contribution in [1.82, 2.24) is 9.66 Å². The Morgan fingerprint density at radius 3 is 2.71 bits per heavy atom. The lowest BCUT2D eigenvalue weighted by molar-refractivity contribution is 0.216. The highest BCUT2D eigenvalue weighted by atomic mass is 79.9. The van der Waals surface area contributed by atoms with Crippen molar-refractivity contribution in [2.45, 2.75) is 26.4 Å². The highest BCUT2D eigenvalue weighted by molar-refractivity contribution is 9.10. The molecule has 3 aromatic carbocycles. The molecule has 1 atom stereocenters. The topological polar surface area (TPSA) is 69.6 Å². The Kier molecular flexibility index (Phi) is 6.45. The Hall–Kier alpha value is -3.42. The molecule has 0 amide bonds. The number of fused-ring (bicyclic) bond motifs is 2. The quantitative estimate of drug-likeness (QED) is 0.208. The van der Waals surface area contributed by atoms with Gasteiger partial charge >= 0.3 is 0 Å². The Balaban J connectivity index is 1.63. The SMILES string of the molecule is CC[C@H](C)Oc1c(Cl)cc(C=Nn2c(-c3cc4ccccc4o3)nc3ccccc3c2=O)cc1Br. The first-order valence-electron chi connectivity index (χ1n) is 11.2. The van der Waals surface area contributed by atoms with E-state index in [-0.39, 0.29) is 11.7 Å². The lowest BCUT2D eigenvalue weighted by atomic mass is 10.2. The van der Waals surface area contributed by atoms with Gasteiger partial charge in [0.05, 0.1) is 32.7 Å². The third-order valence-corrected chi connectivity index (χ3v) is 6.51. The van der Waals surface area contributed by atoms with Crippen LogP contribution < -0.4 is 10.3 Å². The maximum absolute atomic E-state index is 13.4. The summed E-state index contributed by atoms with van der Waals surface area (Å²) in [4.78, 5) is 18.1. The van der Waals surface area contributed by atoms with Gasteiger partial charge in [-0.2, -0.15) is 9.78 Å². The van der Waals surface area contributed by atoms with Gasteiger partial charge in [0.1, 0.15) is 5.58 Å². The monoisotopic (exact) mass is 549 g/mol. The van der Waals surface area contributed by atoms with Crippen molar-refractivity contribution in [1.29, 1.82) is 0 Å². The van der Waals surface area contributed by atoms with E-state index in [0.29, 0.717) is 48.9 Å². The number of ether oxygens (including phenoxy) is 1. The number of halogens is 2. The molecule has 0 aliphatic rings. The molecule has 0 spiro atoms. The first-order valence-corrected chi connectivity index (χ1v) is 12.3. The number of benzene rings is 3. The van der Waals surface area contributed by atoms with Gasteiger partial charge in [-0.25, -0.2) is 4.98 Å². The van der Waals surface area contributed by atoms with Gasteiger partial charge in [0.25, 0.3) is 5.56 Å². The fraction of sp³-hybridized carbons (Fsp3) is 0.148. The lowest BCUT2D eigenvalue weighted by Gasteiger charge is -2.15. The zero-order valence-electron chi connectivity index (χ0n) is 19.0. The fourth-order valence-corrected chi connectivity index (χ4v) is 4.62. The summed E-state index contributed by atoms with van der Waals surface area (Å²) in [5, 5.41) is 6.31. The van der Waals surface area contributed by atoms with E-state index in [1.165, 1.54) is 4.68 Å². The minimum atomic E-state index is -0.302. The van der Waals surface area contributed by atoms with E-state index in [1.807, 2.05) is 56.3 Å². The van der Waals surface area contributed by atoms with Gasteiger partial charge in [0, 0.05) is 5.39 Å². The summed E-state index contributed by atoms with van der Waals surface area (Å²) in [5.41, 5.74) is 1.66. The van der Waals surface area contributed by atoms with Crippen molar-refractivity contribution in [3.05, 3.63) is 92.1 Å². The van der Waals surface area contributed by atoms with E-state index in [2.05, 4.69) is 21.0 Å². The van der Waals surface area contributed by atoms with Crippen LogP contribution in [-0.2, 0) is 0 Å². The predicted octanol–water partition coefficient (Wildman–Crippen LogP) is 7.29. The fourth-order valence-electron chi connectivity index (χ4n) is 3.66. The molecule has 5 rings (SSSR count). The van der Waals surface area contributed by atoms with Gasteiger partial charge < -0.3 is 9.15 Å². The van der Waals surface area contributed by atoms with Crippen LogP contribution in [-0.4, -0.2) is 22.0 Å².